The number of hydrogen-bond acceptors (Lipinski definition) is 6. The Morgan fingerprint density at radius 1 is 0.964 bits per heavy atom. The first-order chi connectivity index (χ1) is 13.5. The number of esters is 1. The van der Waals surface area contributed by atoms with Crippen molar-refractivity contribution in [1.29, 1.82) is 0 Å². The maximum Gasteiger partial charge on any atom is 0.338 e. The van der Waals surface area contributed by atoms with Crippen LogP contribution in [0.3, 0.4) is 0 Å². The average Bonchev–Trinajstić information content (AvgIpc) is 2.70. The summed E-state index contributed by atoms with van der Waals surface area (Å²) >= 11 is 0. The van der Waals surface area contributed by atoms with E-state index in [4.69, 9.17) is 18.9 Å². The maximum absolute atomic E-state index is 12.5. The van der Waals surface area contributed by atoms with E-state index >= 15 is 0 Å². The number of pyridine rings is 1. The van der Waals surface area contributed by atoms with Gasteiger partial charge in [0.15, 0.2) is 11.5 Å². The molecule has 1 N–H and O–H groups in total. The second kappa shape index (κ2) is 8.04. The van der Waals surface area contributed by atoms with Crippen molar-refractivity contribution in [3.8, 4) is 17.2 Å². The average molecular weight is 383 g/mol. The van der Waals surface area contributed by atoms with Gasteiger partial charge < -0.3 is 23.9 Å². The largest absolute Gasteiger partial charge is 0.493 e. The van der Waals surface area contributed by atoms with E-state index in [0.717, 1.165) is 16.5 Å². The molecule has 0 saturated heterocycles. The molecule has 0 bridgehead atoms. The smallest absolute Gasteiger partial charge is 0.338 e. The summed E-state index contributed by atoms with van der Waals surface area (Å²) in [5.41, 5.74) is 2.07. The van der Waals surface area contributed by atoms with Gasteiger partial charge in [0.1, 0.15) is 6.61 Å². The third-order valence-electron chi connectivity index (χ3n) is 4.34. The Hall–Kier alpha value is -3.48. The second-order valence-electron chi connectivity index (χ2n) is 6.20. The normalized spacial score (nSPS) is 10.6. The topological polar surface area (TPSA) is 86.9 Å². The molecule has 2 aromatic carbocycles. The highest BCUT2D eigenvalue weighted by Gasteiger charge is 2.18. The molecule has 1 heterocycles. The summed E-state index contributed by atoms with van der Waals surface area (Å²) in [6.07, 6.45) is 0. The fraction of sp³-hybridized carbons (Fsp3) is 0.238. The van der Waals surface area contributed by atoms with Crippen molar-refractivity contribution < 1.29 is 23.7 Å². The lowest BCUT2D eigenvalue weighted by Crippen LogP contribution is -2.15. The van der Waals surface area contributed by atoms with E-state index in [1.54, 1.807) is 6.07 Å². The first-order valence-corrected chi connectivity index (χ1v) is 8.56. The Kier molecular flexibility index (Phi) is 5.54. The zero-order chi connectivity index (χ0) is 20.3. The number of rotatable bonds is 6. The molecule has 3 aromatic rings. The quantitative estimate of drug-likeness (QED) is 0.658. The molecule has 0 amide bonds. The van der Waals surface area contributed by atoms with Crippen molar-refractivity contribution in [1.82, 2.24) is 4.98 Å². The van der Waals surface area contributed by atoms with Gasteiger partial charge in [-0.1, -0.05) is 12.1 Å². The van der Waals surface area contributed by atoms with Gasteiger partial charge in [-0.2, -0.15) is 0 Å². The minimum absolute atomic E-state index is 0.158. The molecule has 0 radical (unpaired) electrons. The summed E-state index contributed by atoms with van der Waals surface area (Å²) in [5, 5.41) is 0.865. The van der Waals surface area contributed by atoms with Crippen LogP contribution < -0.4 is 19.8 Å². The predicted molar refractivity (Wildman–Crippen MR) is 105 cm³/mol. The van der Waals surface area contributed by atoms with Crippen molar-refractivity contribution in [3.05, 3.63) is 63.4 Å². The molecule has 28 heavy (non-hydrogen) atoms. The number of H-pyrrole nitrogens is 1. The molecule has 0 unspecified atom stereocenters. The number of carbonyl (C=O) groups excluding carboxylic acids is 1. The van der Waals surface area contributed by atoms with Crippen LogP contribution >= 0.6 is 0 Å². The van der Waals surface area contributed by atoms with Gasteiger partial charge in [0, 0.05) is 5.52 Å². The van der Waals surface area contributed by atoms with Crippen LogP contribution in [0.1, 0.15) is 21.5 Å². The molecule has 0 spiro atoms. The number of aryl methyl sites for hydroxylation is 1. The lowest BCUT2D eigenvalue weighted by Gasteiger charge is -2.13. The van der Waals surface area contributed by atoms with Gasteiger partial charge >= 0.3 is 5.97 Å². The van der Waals surface area contributed by atoms with Crippen molar-refractivity contribution in [2.75, 3.05) is 21.3 Å². The zero-order valence-corrected chi connectivity index (χ0v) is 16.1. The molecule has 3 rings (SSSR count). The summed E-state index contributed by atoms with van der Waals surface area (Å²) < 4.78 is 21.1. The van der Waals surface area contributed by atoms with Gasteiger partial charge in [0.2, 0.25) is 5.75 Å². The summed E-state index contributed by atoms with van der Waals surface area (Å²) in [7, 11) is 4.40. The molecule has 0 saturated carbocycles. The Morgan fingerprint density at radius 2 is 1.64 bits per heavy atom. The summed E-state index contributed by atoms with van der Waals surface area (Å²) in [6, 6.07) is 10.5. The summed E-state index contributed by atoms with van der Waals surface area (Å²) in [4.78, 5) is 27.6. The number of nitrogens with one attached hydrogen (secondary N) is 1. The molecule has 0 aliphatic carbocycles. The molecule has 0 fully saturated rings. The lowest BCUT2D eigenvalue weighted by atomic mass is 10.1. The molecule has 1 aromatic heterocycles. The molecular weight excluding hydrogens is 362 g/mol. The van der Waals surface area contributed by atoms with Crippen LogP contribution in [0, 0.1) is 6.92 Å². The van der Waals surface area contributed by atoms with Gasteiger partial charge in [-0.3, -0.25) is 4.79 Å². The Labute approximate surface area is 161 Å². The molecule has 0 aliphatic rings. The van der Waals surface area contributed by atoms with Crippen molar-refractivity contribution >= 4 is 16.9 Å². The molecule has 7 nitrogen and oxygen atoms in total. The number of hydrogen-bond donors (Lipinski definition) is 1. The van der Waals surface area contributed by atoms with Crippen LogP contribution in [-0.4, -0.2) is 32.3 Å². The minimum atomic E-state index is -0.609. The third kappa shape index (κ3) is 3.78. The van der Waals surface area contributed by atoms with Gasteiger partial charge in [0.25, 0.3) is 5.56 Å². The Morgan fingerprint density at radius 3 is 2.25 bits per heavy atom. The fourth-order valence-electron chi connectivity index (χ4n) is 2.89. The highest BCUT2D eigenvalue weighted by Crippen LogP contribution is 2.38. The second-order valence-corrected chi connectivity index (χ2v) is 6.20. The number of aromatic nitrogens is 1. The van der Waals surface area contributed by atoms with Crippen LogP contribution in [0.15, 0.2) is 41.2 Å². The molecule has 0 aliphatic heterocycles. The number of fused-ring (bicyclic) bond motifs is 1. The number of aromatic amines is 1. The SMILES string of the molecule is COc1cc(C(=O)OCc2cc3ccc(C)cc3[nH]c2=O)cc(OC)c1OC. The summed E-state index contributed by atoms with van der Waals surface area (Å²) in [6.45, 7) is 1.79. The first-order valence-electron chi connectivity index (χ1n) is 8.56. The summed E-state index contributed by atoms with van der Waals surface area (Å²) in [5.74, 6) is 0.450. The van der Waals surface area contributed by atoms with E-state index in [9.17, 15) is 9.59 Å². The van der Waals surface area contributed by atoms with Gasteiger partial charge in [-0.25, -0.2) is 4.79 Å². The fourth-order valence-corrected chi connectivity index (χ4v) is 2.89. The highest BCUT2D eigenvalue weighted by molar-refractivity contribution is 5.91. The van der Waals surface area contributed by atoms with Crippen molar-refractivity contribution in [3.63, 3.8) is 0 Å². The Balaban J connectivity index is 1.84. The highest BCUT2D eigenvalue weighted by atomic mass is 16.5. The third-order valence-corrected chi connectivity index (χ3v) is 4.34. The first kappa shape index (κ1) is 19.3. The molecule has 146 valence electrons. The van der Waals surface area contributed by atoms with E-state index in [0.29, 0.717) is 22.8 Å². The van der Waals surface area contributed by atoms with E-state index in [2.05, 4.69) is 4.98 Å². The predicted octanol–water partition coefficient (Wildman–Crippen LogP) is 3.22. The number of carbonyl (C=O) groups is 1. The maximum atomic E-state index is 12.5. The van der Waals surface area contributed by atoms with Crippen LogP contribution in [0.2, 0.25) is 0 Å². The number of benzene rings is 2. The Bertz CT molecular complexity index is 1060. The zero-order valence-electron chi connectivity index (χ0n) is 16.1. The van der Waals surface area contributed by atoms with Gasteiger partial charge in [-0.15, -0.1) is 0 Å². The van der Waals surface area contributed by atoms with E-state index < -0.39 is 5.97 Å². The van der Waals surface area contributed by atoms with Crippen molar-refractivity contribution in [2.45, 2.75) is 13.5 Å². The molecule has 0 atom stereocenters. The van der Waals surface area contributed by atoms with Gasteiger partial charge in [-0.05, 0) is 42.1 Å². The minimum Gasteiger partial charge on any atom is -0.493 e. The van der Waals surface area contributed by atoms with E-state index in [1.165, 1.54) is 33.5 Å². The van der Waals surface area contributed by atoms with E-state index in [-0.39, 0.29) is 17.7 Å². The number of methoxy groups -OCH3 is 3. The lowest BCUT2D eigenvalue weighted by molar-refractivity contribution is 0.0470. The van der Waals surface area contributed by atoms with Gasteiger partial charge in [0.05, 0.1) is 32.5 Å². The van der Waals surface area contributed by atoms with E-state index in [1.807, 2.05) is 25.1 Å². The monoisotopic (exact) mass is 383 g/mol. The standard InChI is InChI=1S/C21H21NO6/c1-12-5-6-13-8-15(20(23)22-16(13)7-12)11-28-21(24)14-9-17(25-2)19(27-4)18(10-14)26-3/h5-10H,11H2,1-4H3,(H,22,23). The number of ether oxygens (including phenoxy) is 4. The van der Waals surface area contributed by atoms with Crippen LogP contribution in [0.25, 0.3) is 10.9 Å². The van der Waals surface area contributed by atoms with Crippen LogP contribution in [0.4, 0.5) is 0 Å². The molecule has 7 heteroatoms. The van der Waals surface area contributed by atoms with Crippen LogP contribution in [-0.2, 0) is 11.3 Å². The van der Waals surface area contributed by atoms with Crippen LogP contribution in [0.5, 0.6) is 17.2 Å². The van der Waals surface area contributed by atoms with Crippen molar-refractivity contribution in [2.24, 2.45) is 0 Å². The molecular formula is C21H21NO6.